The predicted molar refractivity (Wildman–Crippen MR) is 89.8 cm³/mol. The largest absolute Gasteiger partial charge is 0.482 e. The Bertz CT molecular complexity index is 648. The smallest absolute Gasteiger partial charge is 0.329 e. The molecule has 0 fully saturated rings. The second-order valence-electron chi connectivity index (χ2n) is 4.93. The van der Waals surface area contributed by atoms with Gasteiger partial charge in [-0.2, -0.15) is 5.10 Å². The minimum absolute atomic E-state index is 0.0982. The Balaban J connectivity index is 2.58. The molecule has 0 saturated carbocycles. The van der Waals surface area contributed by atoms with Gasteiger partial charge in [-0.25, -0.2) is 5.43 Å². The molecule has 4 N–H and O–H groups in total. The molecule has 130 valence electrons. The zero-order valence-corrected chi connectivity index (χ0v) is 14.1. The molecule has 3 amide bonds. The number of carbonyl (C=O) groups is 3. The minimum atomic E-state index is -0.862. The Hall–Kier alpha value is -2.61. The van der Waals surface area contributed by atoms with Crippen LogP contribution in [0.15, 0.2) is 23.3 Å². The number of benzene rings is 1. The van der Waals surface area contributed by atoms with Crippen LogP contribution in [0.25, 0.3) is 0 Å². The summed E-state index contributed by atoms with van der Waals surface area (Å²) in [5.41, 5.74) is 7.66. The van der Waals surface area contributed by atoms with E-state index in [9.17, 15) is 14.4 Å². The molecule has 0 unspecified atom stereocenters. The van der Waals surface area contributed by atoms with Crippen molar-refractivity contribution in [1.82, 2.24) is 10.7 Å². The van der Waals surface area contributed by atoms with Crippen molar-refractivity contribution in [1.29, 1.82) is 0 Å². The van der Waals surface area contributed by atoms with E-state index in [-0.39, 0.29) is 17.7 Å². The third-order valence-electron chi connectivity index (χ3n) is 2.90. The molecule has 1 atom stereocenters. The number of carbonyl (C=O) groups excluding carboxylic acids is 3. The van der Waals surface area contributed by atoms with Crippen molar-refractivity contribution in [2.45, 2.75) is 26.3 Å². The van der Waals surface area contributed by atoms with Crippen molar-refractivity contribution >= 4 is 35.5 Å². The van der Waals surface area contributed by atoms with E-state index in [0.717, 1.165) is 0 Å². The first kappa shape index (κ1) is 19.4. The van der Waals surface area contributed by atoms with E-state index < -0.39 is 17.7 Å². The summed E-state index contributed by atoms with van der Waals surface area (Å²) in [6.45, 7) is 3.40. The van der Waals surface area contributed by atoms with Gasteiger partial charge in [0.1, 0.15) is 5.75 Å². The zero-order chi connectivity index (χ0) is 18.1. The molecule has 0 aliphatic carbocycles. The molecule has 9 heteroatoms. The number of nitrogens with zero attached hydrogens (tertiary/aromatic N) is 1. The van der Waals surface area contributed by atoms with Gasteiger partial charge < -0.3 is 15.8 Å². The highest BCUT2D eigenvalue weighted by Crippen LogP contribution is 2.24. The van der Waals surface area contributed by atoms with Crippen molar-refractivity contribution in [3.63, 3.8) is 0 Å². The molecule has 0 aromatic heterocycles. The molecular weight excluding hydrogens is 336 g/mol. The van der Waals surface area contributed by atoms with Crippen LogP contribution < -0.4 is 21.2 Å². The molecule has 1 aromatic rings. The lowest BCUT2D eigenvalue weighted by molar-refractivity contribution is -0.139. The Kier molecular flexibility index (Phi) is 7.70. The van der Waals surface area contributed by atoms with Gasteiger partial charge in [-0.15, -0.1) is 0 Å². The zero-order valence-electron chi connectivity index (χ0n) is 13.3. The molecule has 0 aliphatic heterocycles. The highest BCUT2D eigenvalue weighted by molar-refractivity contribution is 6.35. The van der Waals surface area contributed by atoms with E-state index in [2.05, 4.69) is 15.8 Å². The van der Waals surface area contributed by atoms with Crippen LogP contribution in [0.5, 0.6) is 5.75 Å². The number of halogens is 1. The first-order valence-corrected chi connectivity index (χ1v) is 7.55. The molecule has 1 aromatic carbocycles. The molecule has 24 heavy (non-hydrogen) atoms. The molecular formula is C15H19ClN4O4. The number of nitrogens with two attached hydrogens (primary N) is 1. The van der Waals surface area contributed by atoms with Crippen molar-refractivity contribution in [3.8, 4) is 5.75 Å². The molecule has 0 spiro atoms. The van der Waals surface area contributed by atoms with Crippen LogP contribution in [0, 0.1) is 0 Å². The van der Waals surface area contributed by atoms with E-state index >= 15 is 0 Å². The molecule has 0 radical (unpaired) electrons. The lowest BCUT2D eigenvalue weighted by Crippen LogP contribution is -2.41. The van der Waals surface area contributed by atoms with E-state index in [1.807, 2.05) is 6.92 Å². The van der Waals surface area contributed by atoms with Gasteiger partial charge >= 0.3 is 11.8 Å². The number of nitrogens with one attached hydrogen (secondary N) is 2. The van der Waals surface area contributed by atoms with E-state index in [4.69, 9.17) is 22.1 Å². The Morgan fingerprint density at radius 2 is 2.08 bits per heavy atom. The predicted octanol–water partition coefficient (Wildman–Crippen LogP) is 0.569. The number of primary amides is 1. The number of amides is 3. The average molecular weight is 355 g/mol. The minimum Gasteiger partial charge on any atom is -0.482 e. The first-order valence-electron chi connectivity index (χ1n) is 7.18. The third-order valence-corrected chi connectivity index (χ3v) is 3.20. The SMILES string of the molecule is CC[C@@H](C)NC(=O)C(=O)N/N=C\c1ccc(OCC(N)=O)c(Cl)c1. The summed E-state index contributed by atoms with van der Waals surface area (Å²) < 4.78 is 5.10. The number of hydrogen-bond donors (Lipinski definition) is 3. The van der Waals surface area contributed by atoms with Gasteiger partial charge in [-0.05, 0) is 37.1 Å². The number of rotatable bonds is 7. The van der Waals surface area contributed by atoms with Crippen molar-refractivity contribution in [2.75, 3.05) is 6.61 Å². The van der Waals surface area contributed by atoms with Gasteiger partial charge in [0.05, 0.1) is 11.2 Å². The summed E-state index contributed by atoms with van der Waals surface area (Å²) >= 11 is 5.99. The van der Waals surface area contributed by atoms with Crippen LogP contribution in [-0.4, -0.2) is 36.6 Å². The second kappa shape index (κ2) is 9.51. The van der Waals surface area contributed by atoms with Crippen LogP contribution in [0.2, 0.25) is 5.02 Å². The normalized spacial score (nSPS) is 11.8. The molecule has 1 rings (SSSR count). The van der Waals surface area contributed by atoms with Gasteiger partial charge in [-0.1, -0.05) is 18.5 Å². The summed E-state index contributed by atoms with van der Waals surface area (Å²) in [5, 5.41) is 6.45. The van der Waals surface area contributed by atoms with E-state index in [1.54, 1.807) is 13.0 Å². The lowest BCUT2D eigenvalue weighted by Gasteiger charge is -2.09. The van der Waals surface area contributed by atoms with Gasteiger partial charge in [0.2, 0.25) is 0 Å². The van der Waals surface area contributed by atoms with Crippen LogP contribution in [0.3, 0.4) is 0 Å². The fourth-order valence-electron chi connectivity index (χ4n) is 1.47. The molecule has 0 saturated heterocycles. The molecule has 8 nitrogen and oxygen atoms in total. The molecule has 0 heterocycles. The average Bonchev–Trinajstić information content (AvgIpc) is 2.53. The van der Waals surface area contributed by atoms with Gasteiger partial charge in [0.15, 0.2) is 6.61 Å². The Morgan fingerprint density at radius 1 is 1.38 bits per heavy atom. The number of ether oxygens (including phenoxy) is 1. The summed E-state index contributed by atoms with van der Waals surface area (Å²) in [7, 11) is 0. The maximum atomic E-state index is 11.5. The van der Waals surface area contributed by atoms with Crippen LogP contribution in [0.4, 0.5) is 0 Å². The van der Waals surface area contributed by atoms with Crippen molar-refractivity contribution in [2.24, 2.45) is 10.8 Å². The topological polar surface area (TPSA) is 123 Å². The third kappa shape index (κ3) is 6.66. The van der Waals surface area contributed by atoms with Crippen LogP contribution in [0.1, 0.15) is 25.8 Å². The number of hydrazone groups is 1. The maximum Gasteiger partial charge on any atom is 0.329 e. The van der Waals surface area contributed by atoms with Gasteiger partial charge in [-0.3, -0.25) is 14.4 Å². The van der Waals surface area contributed by atoms with Gasteiger partial charge in [0.25, 0.3) is 5.91 Å². The highest BCUT2D eigenvalue weighted by Gasteiger charge is 2.14. The van der Waals surface area contributed by atoms with Crippen LogP contribution in [-0.2, 0) is 14.4 Å². The summed E-state index contributed by atoms with van der Waals surface area (Å²) in [5.74, 6) is -1.94. The van der Waals surface area contributed by atoms with Crippen LogP contribution >= 0.6 is 11.6 Å². The van der Waals surface area contributed by atoms with E-state index in [0.29, 0.717) is 17.7 Å². The highest BCUT2D eigenvalue weighted by atomic mass is 35.5. The fraction of sp³-hybridized carbons (Fsp3) is 0.333. The second-order valence-corrected chi connectivity index (χ2v) is 5.33. The fourth-order valence-corrected chi connectivity index (χ4v) is 1.71. The Morgan fingerprint density at radius 3 is 2.67 bits per heavy atom. The Labute approximate surface area is 144 Å². The monoisotopic (exact) mass is 354 g/mol. The van der Waals surface area contributed by atoms with Crippen molar-refractivity contribution < 1.29 is 19.1 Å². The lowest BCUT2D eigenvalue weighted by atomic mass is 10.2. The summed E-state index contributed by atoms with van der Waals surface area (Å²) in [6.07, 6.45) is 2.03. The summed E-state index contributed by atoms with van der Waals surface area (Å²) in [6, 6.07) is 4.56. The quantitative estimate of drug-likeness (QED) is 0.376. The standard InChI is InChI=1S/C15H19ClN4O4/c1-3-9(2)19-14(22)15(23)20-18-7-10-4-5-12(11(16)6-10)24-8-13(17)21/h4-7,9H,3,8H2,1-2H3,(H2,17,21)(H,19,22)(H,20,23)/b18-7-/t9-/m1/s1. The first-order chi connectivity index (χ1) is 11.3. The van der Waals surface area contributed by atoms with Gasteiger partial charge in [0, 0.05) is 6.04 Å². The maximum absolute atomic E-state index is 11.5. The number of hydrogen-bond acceptors (Lipinski definition) is 5. The molecule has 0 bridgehead atoms. The van der Waals surface area contributed by atoms with Crippen molar-refractivity contribution in [3.05, 3.63) is 28.8 Å². The summed E-state index contributed by atoms with van der Waals surface area (Å²) in [4.78, 5) is 33.7. The molecule has 0 aliphatic rings. The van der Waals surface area contributed by atoms with E-state index in [1.165, 1.54) is 18.3 Å².